The van der Waals surface area contributed by atoms with Crippen molar-refractivity contribution in [3.8, 4) is 0 Å². The highest BCUT2D eigenvalue weighted by molar-refractivity contribution is 5.79. The van der Waals surface area contributed by atoms with Gasteiger partial charge in [0.2, 0.25) is 0 Å². The molecule has 5 heteroatoms. The molecule has 2 aromatic carbocycles. The number of hydrogen-bond donors (Lipinski definition) is 2. The molecule has 0 aliphatic carbocycles. The first-order valence-electron chi connectivity index (χ1n) is 7.11. The Kier molecular flexibility index (Phi) is 5.89. The second-order valence-electron chi connectivity index (χ2n) is 4.82. The van der Waals surface area contributed by atoms with Gasteiger partial charge < -0.3 is 10.6 Å². The molecule has 0 aliphatic heterocycles. The zero-order chi connectivity index (χ0) is 15.8. The molecule has 2 N–H and O–H groups in total. The summed E-state index contributed by atoms with van der Waals surface area (Å²) in [5.74, 6) is -0.435. The molecule has 22 heavy (non-hydrogen) atoms. The van der Waals surface area contributed by atoms with Crippen LogP contribution in [-0.2, 0) is 13.0 Å². The fourth-order valence-electron chi connectivity index (χ4n) is 2.04. The zero-order valence-electron chi connectivity index (χ0n) is 12.4. The van der Waals surface area contributed by atoms with Crippen molar-refractivity contribution in [3.63, 3.8) is 0 Å². The molecule has 0 saturated carbocycles. The van der Waals surface area contributed by atoms with Gasteiger partial charge in [-0.05, 0) is 23.6 Å². The number of benzene rings is 2. The maximum atomic E-state index is 13.5. The predicted molar refractivity (Wildman–Crippen MR) is 84.7 cm³/mol. The van der Waals surface area contributed by atoms with Gasteiger partial charge in [0.05, 0.1) is 0 Å². The number of aliphatic imine (C=N–C) groups is 1. The van der Waals surface area contributed by atoms with Crippen molar-refractivity contribution in [2.75, 3.05) is 13.6 Å². The lowest BCUT2D eigenvalue weighted by molar-refractivity contribution is 0.570. The lowest BCUT2D eigenvalue weighted by atomic mass is 10.1. The molecule has 0 saturated heterocycles. The van der Waals surface area contributed by atoms with E-state index >= 15 is 0 Å². The molecule has 3 nitrogen and oxygen atoms in total. The third kappa shape index (κ3) is 4.84. The molecule has 0 bridgehead atoms. The van der Waals surface area contributed by atoms with Crippen molar-refractivity contribution in [1.82, 2.24) is 10.6 Å². The van der Waals surface area contributed by atoms with E-state index in [1.807, 2.05) is 30.3 Å². The third-order valence-electron chi connectivity index (χ3n) is 3.23. The Morgan fingerprint density at radius 3 is 2.50 bits per heavy atom. The molecule has 0 radical (unpaired) electrons. The minimum absolute atomic E-state index is 0.456. The molecule has 0 fully saturated rings. The van der Waals surface area contributed by atoms with Gasteiger partial charge in [-0.1, -0.05) is 36.4 Å². The first-order valence-corrected chi connectivity index (χ1v) is 7.11. The van der Waals surface area contributed by atoms with Crippen LogP contribution < -0.4 is 10.6 Å². The average molecular weight is 303 g/mol. The van der Waals surface area contributed by atoms with E-state index in [-0.39, 0.29) is 0 Å². The first kappa shape index (κ1) is 15.9. The quantitative estimate of drug-likeness (QED) is 0.658. The van der Waals surface area contributed by atoms with Crippen LogP contribution in [0.3, 0.4) is 0 Å². The van der Waals surface area contributed by atoms with Gasteiger partial charge in [-0.3, -0.25) is 4.99 Å². The smallest absolute Gasteiger partial charge is 0.191 e. The highest BCUT2D eigenvalue weighted by atomic mass is 19.1. The van der Waals surface area contributed by atoms with Crippen molar-refractivity contribution >= 4 is 5.96 Å². The standard InChI is InChI=1S/C17H19F2N3/c1-20-17(22-12-13-5-3-2-4-6-13)21-10-9-14-7-8-15(18)11-16(14)19/h2-8,11H,9-10,12H2,1H3,(H2,20,21,22). The number of hydrogen-bond acceptors (Lipinski definition) is 1. The minimum Gasteiger partial charge on any atom is -0.356 e. The van der Waals surface area contributed by atoms with E-state index in [1.165, 1.54) is 12.1 Å². The third-order valence-corrected chi connectivity index (χ3v) is 3.23. The Labute approximate surface area is 129 Å². The van der Waals surface area contributed by atoms with Crippen LogP contribution in [0.2, 0.25) is 0 Å². The van der Waals surface area contributed by atoms with E-state index in [4.69, 9.17) is 0 Å². The lowest BCUT2D eigenvalue weighted by Gasteiger charge is -2.12. The molecule has 0 atom stereocenters. The van der Waals surface area contributed by atoms with Crippen LogP contribution in [0.5, 0.6) is 0 Å². The SMILES string of the molecule is CN=C(NCCc1ccc(F)cc1F)NCc1ccccc1. The van der Waals surface area contributed by atoms with E-state index < -0.39 is 11.6 Å². The first-order chi connectivity index (χ1) is 10.7. The van der Waals surface area contributed by atoms with E-state index in [1.54, 1.807) is 7.05 Å². The molecule has 2 rings (SSSR count). The summed E-state index contributed by atoms with van der Waals surface area (Å²) in [5, 5.41) is 6.29. The molecule has 2 aromatic rings. The van der Waals surface area contributed by atoms with Crippen LogP contribution in [0.4, 0.5) is 8.78 Å². The highest BCUT2D eigenvalue weighted by Crippen LogP contribution is 2.09. The predicted octanol–water partition coefficient (Wildman–Crippen LogP) is 2.87. The summed E-state index contributed by atoms with van der Waals surface area (Å²) in [5.41, 5.74) is 1.63. The van der Waals surface area contributed by atoms with Crippen molar-refractivity contribution in [2.24, 2.45) is 4.99 Å². The Morgan fingerprint density at radius 1 is 1.05 bits per heavy atom. The number of nitrogens with zero attached hydrogens (tertiary/aromatic N) is 1. The second kappa shape index (κ2) is 8.12. The minimum atomic E-state index is -0.561. The molecule has 0 amide bonds. The molecular formula is C17H19F2N3. The molecule has 0 aliphatic rings. The van der Waals surface area contributed by atoms with Gasteiger partial charge in [-0.2, -0.15) is 0 Å². The average Bonchev–Trinajstić information content (AvgIpc) is 2.53. The molecular weight excluding hydrogens is 284 g/mol. The van der Waals surface area contributed by atoms with Gasteiger partial charge in [-0.25, -0.2) is 8.78 Å². The molecule has 0 unspecified atom stereocenters. The Balaban J connectivity index is 1.79. The molecule has 0 heterocycles. The van der Waals surface area contributed by atoms with Gasteiger partial charge in [0.25, 0.3) is 0 Å². The maximum absolute atomic E-state index is 13.5. The van der Waals surface area contributed by atoms with Crippen molar-refractivity contribution in [1.29, 1.82) is 0 Å². The van der Waals surface area contributed by atoms with Crippen LogP contribution in [0.25, 0.3) is 0 Å². The Morgan fingerprint density at radius 2 is 1.82 bits per heavy atom. The number of halogens is 2. The Bertz CT molecular complexity index is 627. The summed E-state index contributed by atoms with van der Waals surface area (Å²) in [6, 6.07) is 13.6. The molecule has 0 spiro atoms. The summed E-state index contributed by atoms with van der Waals surface area (Å²) >= 11 is 0. The monoisotopic (exact) mass is 303 g/mol. The van der Waals surface area contributed by atoms with Crippen LogP contribution in [0.1, 0.15) is 11.1 Å². The zero-order valence-corrected chi connectivity index (χ0v) is 12.4. The summed E-state index contributed by atoms with van der Waals surface area (Å²) in [4.78, 5) is 4.11. The maximum Gasteiger partial charge on any atom is 0.191 e. The van der Waals surface area contributed by atoms with E-state index in [2.05, 4.69) is 15.6 Å². The highest BCUT2D eigenvalue weighted by Gasteiger charge is 2.04. The lowest BCUT2D eigenvalue weighted by Crippen LogP contribution is -2.37. The van der Waals surface area contributed by atoms with Crippen LogP contribution in [0.15, 0.2) is 53.5 Å². The molecule has 116 valence electrons. The van der Waals surface area contributed by atoms with E-state index in [0.717, 1.165) is 11.6 Å². The van der Waals surface area contributed by atoms with Gasteiger partial charge in [0.15, 0.2) is 5.96 Å². The van der Waals surface area contributed by atoms with Crippen LogP contribution in [-0.4, -0.2) is 19.6 Å². The summed E-state index contributed by atoms with van der Waals surface area (Å²) < 4.78 is 26.3. The Hall–Kier alpha value is -2.43. The summed E-state index contributed by atoms with van der Waals surface area (Å²) in [7, 11) is 1.68. The largest absolute Gasteiger partial charge is 0.356 e. The van der Waals surface area contributed by atoms with E-state index in [0.29, 0.717) is 31.0 Å². The van der Waals surface area contributed by atoms with Crippen molar-refractivity contribution < 1.29 is 8.78 Å². The van der Waals surface area contributed by atoms with Crippen LogP contribution in [0, 0.1) is 11.6 Å². The number of guanidine groups is 1. The van der Waals surface area contributed by atoms with Gasteiger partial charge in [0.1, 0.15) is 11.6 Å². The number of rotatable bonds is 5. The summed E-state index contributed by atoms with van der Waals surface area (Å²) in [6.07, 6.45) is 0.456. The van der Waals surface area contributed by atoms with Gasteiger partial charge in [-0.15, -0.1) is 0 Å². The van der Waals surface area contributed by atoms with Gasteiger partial charge >= 0.3 is 0 Å². The van der Waals surface area contributed by atoms with Crippen LogP contribution >= 0.6 is 0 Å². The fraction of sp³-hybridized carbons (Fsp3) is 0.235. The van der Waals surface area contributed by atoms with Gasteiger partial charge in [0, 0.05) is 26.2 Å². The fourth-order valence-corrected chi connectivity index (χ4v) is 2.04. The topological polar surface area (TPSA) is 36.4 Å². The summed E-state index contributed by atoms with van der Waals surface area (Å²) in [6.45, 7) is 1.17. The molecule has 0 aromatic heterocycles. The van der Waals surface area contributed by atoms with E-state index in [9.17, 15) is 8.78 Å². The number of nitrogens with one attached hydrogen (secondary N) is 2. The normalized spacial score (nSPS) is 11.3. The van der Waals surface area contributed by atoms with Crippen molar-refractivity contribution in [2.45, 2.75) is 13.0 Å². The second-order valence-corrected chi connectivity index (χ2v) is 4.82. The van der Waals surface area contributed by atoms with Crippen molar-refractivity contribution in [3.05, 3.63) is 71.3 Å².